The normalized spacial score (nSPS) is 9.90. The van der Waals surface area contributed by atoms with Gasteiger partial charge in [-0.3, -0.25) is 4.98 Å². The van der Waals surface area contributed by atoms with Gasteiger partial charge in [-0.25, -0.2) is 4.39 Å². The predicted molar refractivity (Wildman–Crippen MR) is 37.1 cm³/mol. The van der Waals surface area contributed by atoms with Crippen LogP contribution in [0.5, 0.6) is 0 Å². The van der Waals surface area contributed by atoms with Crippen LogP contribution in [0.3, 0.4) is 0 Å². The molecule has 1 rings (SSSR count). The van der Waals surface area contributed by atoms with Crippen LogP contribution in [-0.4, -0.2) is 4.98 Å². The summed E-state index contributed by atoms with van der Waals surface area (Å²) in [4.78, 5) is 3.66. The van der Waals surface area contributed by atoms with E-state index < -0.39 is 5.82 Å². The molecule has 2 nitrogen and oxygen atoms in total. The van der Waals surface area contributed by atoms with Crippen molar-refractivity contribution in [2.75, 3.05) is 0 Å². The monoisotopic (exact) mass is 160 g/mol. The molecule has 54 valence electrons. The molecule has 1 aromatic heterocycles. The highest BCUT2D eigenvalue weighted by molar-refractivity contribution is 6.31. The lowest BCUT2D eigenvalue weighted by Gasteiger charge is -1.97. The molecule has 0 spiro atoms. The molecule has 0 amide bonds. The molecule has 2 N–H and O–H groups in total. The first-order valence-corrected chi connectivity index (χ1v) is 3.12. The molecule has 0 saturated heterocycles. The van der Waals surface area contributed by atoms with Gasteiger partial charge in [0.15, 0.2) is 0 Å². The van der Waals surface area contributed by atoms with Gasteiger partial charge in [0.2, 0.25) is 0 Å². The first kappa shape index (κ1) is 7.44. The van der Waals surface area contributed by atoms with E-state index in [2.05, 4.69) is 4.98 Å². The predicted octanol–water partition coefficient (Wildman–Crippen LogP) is 1.33. The number of hydrogen-bond acceptors (Lipinski definition) is 2. The van der Waals surface area contributed by atoms with Crippen LogP contribution in [0, 0.1) is 5.82 Å². The molecule has 10 heavy (non-hydrogen) atoms. The van der Waals surface area contributed by atoms with Crippen LogP contribution in [0.1, 0.15) is 5.69 Å². The Morgan fingerprint density at radius 3 is 2.90 bits per heavy atom. The molecule has 0 aliphatic heterocycles. The summed E-state index contributed by atoms with van der Waals surface area (Å²) in [6.07, 6.45) is 1.09. The summed E-state index contributed by atoms with van der Waals surface area (Å²) in [5.74, 6) is -0.442. The number of rotatable bonds is 1. The summed E-state index contributed by atoms with van der Waals surface area (Å²) in [6.45, 7) is 0.235. The van der Waals surface area contributed by atoms with Crippen molar-refractivity contribution in [3.8, 4) is 0 Å². The molecule has 4 heteroatoms. The molecule has 0 aliphatic rings. The summed E-state index contributed by atoms with van der Waals surface area (Å²) in [5, 5.41) is 0.280. The van der Waals surface area contributed by atoms with Crippen LogP contribution in [-0.2, 0) is 6.54 Å². The number of nitrogens with two attached hydrogens (primary N) is 1. The Hall–Kier alpha value is -0.670. The second-order valence-corrected chi connectivity index (χ2v) is 2.19. The molecule has 1 aromatic rings. The van der Waals surface area contributed by atoms with Crippen molar-refractivity contribution in [1.29, 1.82) is 0 Å². The molecule has 0 saturated carbocycles. The topological polar surface area (TPSA) is 38.9 Å². The zero-order valence-electron chi connectivity index (χ0n) is 5.14. The second kappa shape index (κ2) is 2.94. The van der Waals surface area contributed by atoms with E-state index in [0.717, 1.165) is 6.20 Å². The lowest BCUT2D eigenvalue weighted by Crippen LogP contribution is -2.00. The van der Waals surface area contributed by atoms with Crippen LogP contribution in [0.25, 0.3) is 0 Å². The van der Waals surface area contributed by atoms with E-state index >= 15 is 0 Å². The Kier molecular flexibility index (Phi) is 2.19. The quantitative estimate of drug-likeness (QED) is 0.673. The van der Waals surface area contributed by atoms with Gasteiger partial charge in [0.1, 0.15) is 5.82 Å². The molecule has 1 heterocycles. The van der Waals surface area contributed by atoms with E-state index in [1.54, 1.807) is 0 Å². The highest BCUT2D eigenvalue weighted by Gasteiger charge is 1.99. The van der Waals surface area contributed by atoms with E-state index in [1.165, 1.54) is 6.07 Å². The van der Waals surface area contributed by atoms with Crippen molar-refractivity contribution >= 4 is 11.6 Å². The van der Waals surface area contributed by atoms with E-state index in [9.17, 15) is 4.39 Å². The number of pyridine rings is 1. The zero-order valence-corrected chi connectivity index (χ0v) is 5.90. The van der Waals surface area contributed by atoms with Crippen molar-refractivity contribution in [3.05, 3.63) is 28.8 Å². The fraction of sp³-hybridized carbons (Fsp3) is 0.167. The van der Waals surface area contributed by atoms with Crippen molar-refractivity contribution in [1.82, 2.24) is 4.98 Å². The maximum absolute atomic E-state index is 12.3. The third-order valence-electron chi connectivity index (χ3n) is 1.08. The first-order chi connectivity index (χ1) is 4.74. The summed E-state index contributed by atoms with van der Waals surface area (Å²) in [7, 11) is 0. The molecular weight excluding hydrogens is 155 g/mol. The van der Waals surface area contributed by atoms with Crippen LogP contribution in [0.15, 0.2) is 12.3 Å². The minimum absolute atomic E-state index is 0.235. The number of halogens is 2. The van der Waals surface area contributed by atoms with Gasteiger partial charge < -0.3 is 5.73 Å². The van der Waals surface area contributed by atoms with Gasteiger partial charge in [0.05, 0.1) is 16.9 Å². The van der Waals surface area contributed by atoms with Crippen molar-refractivity contribution < 1.29 is 4.39 Å². The molecule has 0 atom stereocenters. The Bertz CT molecular complexity index is 239. The van der Waals surface area contributed by atoms with Gasteiger partial charge in [0, 0.05) is 6.54 Å². The first-order valence-electron chi connectivity index (χ1n) is 2.74. The third-order valence-corrected chi connectivity index (χ3v) is 1.40. The molecule has 0 fully saturated rings. The van der Waals surface area contributed by atoms with E-state index in [-0.39, 0.29) is 11.6 Å². The fourth-order valence-corrected chi connectivity index (χ4v) is 0.823. The average Bonchev–Trinajstić information content (AvgIpc) is 1.88. The molecule has 0 radical (unpaired) electrons. The van der Waals surface area contributed by atoms with E-state index in [1.807, 2.05) is 0 Å². The molecule has 0 unspecified atom stereocenters. The average molecular weight is 161 g/mol. The van der Waals surface area contributed by atoms with Gasteiger partial charge in [-0.2, -0.15) is 0 Å². The number of nitrogens with zero attached hydrogens (tertiary/aromatic N) is 1. The van der Waals surface area contributed by atoms with Crippen LogP contribution < -0.4 is 5.73 Å². The Balaban J connectivity index is 3.07. The van der Waals surface area contributed by atoms with Crippen LogP contribution in [0.2, 0.25) is 5.02 Å². The molecule has 0 aromatic carbocycles. The lowest BCUT2D eigenvalue weighted by molar-refractivity contribution is 0.619. The van der Waals surface area contributed by atoms with Crippen molar-refractivity contribution in [2.24, 2.45) is 5.73 Å². The van der Waals surface area contributed by atoms with Gasteiger partial charge >= 0.3 is 0 Å². The maximum atomic E-state index is 12.3. The second-order valence-electron chi connectivity index (χ2n) is 1.79. The third kappa shape index (κ3) is 1.43. The summed E-state index contributed by atoms with van der Waals surface area (Å²) >= 11 is 5.55. The molecule has 0 bridgehead atoms. The summed E-state index contributed by atoms with van der Waals surface area (Å²) in [5.41, 5.74) is 5.75. The number of hydrogen-bond donors (Lipinski definition) is 1. The van der Waals surface area contributed by atoms with Gasteiger partial charge in [-0.05, 0) is 6.07 Å². The Morgan fingerprint density at radius 2 is 2.40 bits per heavy atom. The molecule has 0 aliphatic carbocycles. The smallest absolute Gasteiger partial charge is 0.142 e. The van der Waals surface area contributed by atoms with Crippen LogP contribution >= 0.6 is 11.6 Å². The highest BCUT2D eigenvalue weighted by Crippen LogP contribution is 2.12. The Labute approximate surface area is 62.8 Å². The zero-order chi connectivity index (χ0) is 7.56. The highest BCUT2D eigenvalue weighted by atomic mass is 35.5. The Morgan fingerprint density at radius 1 is 1.70 bits per heavy atom. The largest absolute Gasteiger partial charge is 0.325 e. The minimum Gasteiger partial charge on any atom is -0.325 e. The van der Waals surface area contributed by atoms with Gasteiger partial charge in [0.25, 0.3) is 0 Å². The fourth-order valence-electron chi connectivity index (χ4n) is 0.593. The van der Waals surface area contributed by atoms with Crippen LogP contribution in [0.4, 0.5) is 4.39 Å². The van der Waals surface area contributed by atoms with Gasteiger partial charge in [-0.15, -0.1) is 0 Å². The maximum Gasteiger partial charge on any atom is 0.142 e. The standard InChI is InChI=1S/C6H6ClFN2/c7-5-1-4(8)3-10-6(5)2-9/h1,3H,2,9H2. The SMILES string of the molecule is NCc1ncc(F)cc1Cl. The van der Waals surface area contributed by atoms with E-state index in [4.69, 9.17) is 17.3 Å². The summed E-state index contributed by atoms with van der Waals surface area (Å²) in [6, 6.07) is 1.19. The van der Waals surface area contributed by atoms with E-state index in [0.29, 0.717) is 5.69 Å². The van der Waals surface area contributed by atoms with Gasteiger partial charge in [-0.1, -0.05) is 11.6 Å². The number of aromatic nitrogens is 1. The van der Waals surface area contributed by atoms with Crippen molar-refractivity contribution in [2.45, 2.75) is 6.54 Å². The lowest BCUT2D eigenvalue weighted by atomic mass is 10.3. The minimum atomic E-state index is -0.442. The van der Waals surface area contributed by atoms with Crippen molar-refractivity contribution in [3.63, 3.8) is 0 Å². The molecular formula is C6H6ClFN2. The summed E-state index contributed by atoms with van der Waals surface area (Å²) < 4.78 is 12.3.